The molecule has 21 heavy (non-hydrogen) atoms. The Morgan fingerprint density at radius 2 is 1.95 bits per heavy atom. The van der Waals surface area contributed by atoms with Crippen LogP contribution >= 0.6 is 24.2 Å². The van der Waals surface area contributed by atoms with E-state index < -0.39 is 0 Å². The van der Waals surface area contributed by atoms with E-state index in [9.17, 15) is 0 Å². The highest BCUT2D eigenvalue weighted by Crippen LogP contribution is 2.42. The number of halogens is 1. The molecule has 0 radical (unpaired) electrons. The van der Waals surface area contributed by atoms with Crippen LogP contribution in [-0.4, -0.2) is 11.8 Å². The number of hydrogen-bond donors (Lipinski definition) is 1. The van der Waals surface area contributed by atoms with Gasteiger partial charge in [0.1, 0.15) is 5.75 Å². The summed E-state index contributed by atoms with van der Waals surface area (Å²) < 4.78 is 5.72. The molecule has 0 aromatic heterocycles. The maximum absolute atomic E-state index is 6.00. The Morgan fingerprint density at radius 3 is 2.57 bits per heavy atom. The standard InChI is InChI=1S/C16H22N2OS.ClH/c1-5-19-12-9-7-6-8-11(12)13-10-14(16(2,3)4)18-15(17)20-13;/h6-10,13H,5H2,1-4H3,(H2,17,18);1H. The third kappa shape index (κ3) is 4.42. The number of hydrogen-bond acceptors (Lipinski definition) is 4. The topological polar surface area (TPSA) is 47.6 Å². The van der Waals surface area contributed by atoms with E-state index in [1.165, 1.54) is 0 Å². The quantitative estimate of drug-likeness (QED) is 0.887. The zero-order chi connectivity index (χ0) is 14.8. The molecule has 0 saturated carbocycles. The van der Waals surface area contributed by atoms with Crippen molar-refractivity contribution in [3.05, 3.63) is 41.6 Å². The SMILES string of the molecule is CCOc1ccccc1C1C=C(C(C)(C)C)N=C(N)S1.Cl. The number of rotatable bonds is 3. The fraction of sp³-hybridized carbons (Fsp3) is 0.438. The predicted octanol–water partition coefficient (Wildman–Crippen LogP) is 4.54. The molecule has 5 heteroatoms. The van der Waals surface area contributed by atoms with Crippen molar-refractivity contribution in [1.29, 1.82) is 0 Å². The molecule has 2 N–H and O–H groups in total. The summed E-state index contributed by atoms with van der Waals surface area (Å²) in [6.45, 7) is 9.11. The number of thioether (sulfide) groups is 1. The van der Waals surface area contributed by atoms with Gasteiger partial charge in [0.25, 0.3) is 0 Å². The molecule has 0 bridgehead atoms. The van der Waals surface area contributed by atoms with Crippen LogP contribution in [0.2, 0.25) is 0 Å². The molecule has 1 aliphatic heterocycles. The number of para-hydroxylation sites is 1. The number of nitrogens with zero attached hydrogens (tertiary/aromatic N) is 1. The average Bonchev–Trinajstić information content (AvgIpc) is 2.38. The van der Waals surface area contributed by atoms with Gasteiger partial charge in [-0.25, -0.2) is 4.99 Å². The van der Waals surface area contributed by atoms with Crippen molar-refractivity contribution in [2.45, 2.75) is 32.9 Å². The fourth-order valence-electron chi connectivity index (χ4n) is 2.06. The van der Waals surface area contributed by atoms with Crippen LogP contribution < -0.4 is 10.5 Å². The van der Waals surface area contributed by atoms with Gasteiger partial charge in [0, 0.05) is 16.7 Å². The van der Waals surface area contributed by atoms with E-state index in [1.54, 1.807) is 11.8 Å². The van der Waals surface area contributed by atoms with E-state index in [1.807, 2.05) is 25.1 Å². The Labute approximate surface area is 137 Å². The maximum atomic E-state index is 6.00. The number of nitrogens with two attached hydrogens (primary N) is 1. The first-order chi connectivity index (χ1) is 9.41. The van der Waals surface area contributed by atoms with E-state index in [0.717, 1.165) is 17.0 Å². The number of aliphatic imine (C=N–C) groups is 1. The second-order valence-electron chi connectivity index (χ2n) is 5.76. The molecule has 0 aliphatic carbocycles. The van der Waals surface area contributed by atoms with E-state index in [4.69, 9.17) is 10.5 Å². The first kappa shape index (κ1) is 17.9. The van der Waals surface area contributed by atoms with Gasteiger partial charge in [-0.2, -0.15) is 0 Å². The lowest BCUT2D eigenvalue weighted by molar-refractivity contribution is 0.337. The molecular weight excluding hydrogens is 304 g/mol. The van der Waals surface area contributed by atoms with Crippen molar-refractivity contribution in [1.82, 2.24) is 0 Å². The zero-order valence-corrected chi connectivity index (χ0v) is 14.6. The van der Waals surface area contributed by atoms with E-state index in [0.29, 0.717) is 11.8 Å². The van der Waals surface area contributed by atoms with Crippen LogP contribution in [0.4, 0.5) is 0 Å². The van der Waals surface area contributed by atoms with Gasteiger partial charge >= 0.3 is 0 Å². The summed E-state index contributed by atoms with van der Waals surface area (Å²) >= 11 is 1.57. The van der Waals surface area contributed by atoms with E-state index in [-0.39, 0.29) is 23.1 Å². The minimum atomic E-state index is -0.00952. The molecule has 0 fully saturated rings. The number of allylic oxidation sites excluding steroid dienone is 1. The number of amidine groups is 1. The molecule has 1 aromatic rings. The molecule has 3 nitrogen and oxygen atoms in total. The molecule has 0 spiro atoms. The summed E-state index contributed by atoms with van der Waals surface area (Å²) in [4.78, 5) is 4.48. The van der Waals surface area contributed by atoms with Gasteiger partial charge in [0.2, 0.25) is 0 Å². The molecule has 0 saturated heterocycles. The third-order valence-corrected chi connectivity index (χ3v) is 4.06. The maximum Gasteiger partial charge on any atom is 0.159 e. The Kier molecular flexibility index (Phi) is 6.17. The van der Waals surface area contributed by atoms with Gasteiger partial charge in [-0.3, -0.25) is 0 Å². The van der Waals surface area contributed by atoms with Gasteiger partial charge in [-0.15, -0.1) is 12.4 Å². The van der Waals surface area contributed by atoms with E-state index >= 15 is 0 Å². The molecule has 1 aliphatic rings. The van der Waals surface area contributed by atoms with Crippen LogP contribution in [0, 0.1) is 5.41 Å². The Hall–Kier alpha value is -1.13. The van der Waals surface area contributed by atoms with Gasteiger partial charge in [-0.05, 0) is 19.1 Å². The van der Waals surface area contributed by atoms with Crippen molar-refractivity contribution < 1.29 is 4.74 Å². The molecule has 0 amide bonds. The lowest BCUT2D eigenvalue weighted by Crippen LogP contribution is -2.19. The van der Waals surface area contributed by atoms with E-state index in [2.05, 4.69) is 37.9 Å². The monoisotopic (exact) mass is 326 g/mol. The van der Waals surface area contributed by atoms with Gasteiger partial charge in [0.05, 0.1) is 11.9 Å². The second-order valence-corrected chi connectivity index (χ2v) is 6.92. The average molecular weight is 327 g/mol. The number of benzene rings is 1. The summed E-state index contributed by atoms with van der Waals surface area (Å²) in [6.07, 6.45) is 2.19. The van der Waals surface area contributed by atoms with Crippen LogP contribution in [0.25, 0.3) is 0 Å². The molecule has 1 unspecified atom stereocenters. The van der Waals surface area contributed by atoms with Crippen LogP contribution in [0.1, 0.15) is 38.5 Å². The largest absolute Gasteiger partial charge is 0.494 e. The highest BCUT2D eigenvalue weighted by molar-refractivity contribution is 8.14. The summed E-state index contributed by atoms with van der Waals surface area (Å²) in [5.41, 5.74) is 8.18. The van der Waals surface area contributed by atoms with Crippen molar-refractivity contribution in [3.63, 3.8) is 0 Å². The van der Waals surface area contributed by atoms with Gasteiger partial charge < -0.3 is 10.5 Å². The molecule has 2 rings (SSSR count). The van der Waals surface area contributed by atoms with Crippen molar-refractivity contribution in [2.24, 2.45) is 16.1 Å². The minimum Gasteiger partial charge on any atom is -0.494 e. The molecule has 116 valence electrons. The predicted molar refractivity (Wildman–Crippen MR) is 94.4 cm³/mol. The van der Waals surface area contributed by atoms with Crippen molar-refractivity contribution in [3.8, 4) is 5.75 Å². The highest BCUT2D eigenvalue weighted by atomic mass is 35.5. The lowest BCUT2D eigenvalue weighted by Gasteiger charge is -2.27. The first-order valence-electron chi connectivity index (χ1n) is 6.86. The van der Waals surface area contributed by atoms with Crippen molar-refractivity contribution in [2.75, 3.05) is 6.61 Å². The fourth-order valence-corrected chi connectivity index (χ4v) is 2.99. The molecule has 1 atom stereocenters. The van der Waals surface area contributed by atoms with Gasteiger partial charge in [0.15, 0.2) is 5.17 Å². The Morgan fingerprint density at radius 1 is 1.29 bits per heavy atom. The smallest absolute Gasteiger partial charge is 0.159 e. The van der Waals surface area contributed by atoms with Crippen molar-refractivity contribution >= 4 is 29.3 Å². The normalized spacial score (nSPS) is 18.4. The Balaban J connectivity index is 0.00000220. The Bertz CT molecular complexity index is 549. The van der Waals surface area contributed by atoms with Crippen LogP contribution in [0.3, 0.4) is 0 Å². The number of ether oxygens (including phenoxy) is 1. The van der Waals surface area contributed by atoms with Gasteiger partial charge in [-0.1, -0.05) is 50.7 Å². The third-order valence-electron chi connectivity index (χ3n) is 3.08. The van der Waals surface area contributed by atoms with Crippen LogP contribution in [-0.2, 0) is 0 Å². The summed E-state index contributed by atoms with van der Waals surface area (Å²) in [6, 6.07) is 8.13. The second kappa shape index (κ2) is 7.23. The summed E-state index contributed by atoms with van der Waals surface area (Å²) in [5, 5.41) is 0.776. The minimum absolute atomic E-state index is 0. The molecular formula is C16H23ClN2OS. The van der Waals surface area contributed by atoms with Crippen LogP contribution in [0.5, 0.6) is 5.75 Å². The lowest BCUT2D eigenvalue weighted by atomic mass is 9.91. The highest BCUT2D eigenvalue weighted by Gasteiger charge is 2.26. The summed E-state index contributed by atoms with van der Waals surface area (Å²) in [7, 11) is 0. The molecule has 1 aromatic carbocycles. The first-order valence-corrected chi connectivity index (χ1v) is 7.74. The zero-order valence-electron chi connectivity index (χ0n) is 12.9. The summed E-state index contributed by atoms with van der Waals surface area (Å²) in [5.74, 6) is 0.923. The molecule has 1 heterocycles. The van der Waals surface area contributed by atoms with Crippen LogP contribution in [0.15, 0.2) is 41.0 Å².